The molecule has 2 atom stereocenters. The summed E-state index contributed by atoms with van der Waals surface area (Å²) >= 11 is 3.31. The molecular formula is C13H11BrN2O2. The zero-order valence-corrected chi connectivity index (χ0v) is 11.0. The molecule has 2 rings (SSSR count). The molecule has 4 nitrogen and oxygen atoms in total. The van der Waals surface area contributed by atoms with Crippen molar-refractivity contribution in [3.8, 4) is 6.07 Å². The van der Waals surface area contributed by atoms with Crippen LogP contribution in [0.25, 0.3) is 0 Å². The second-order valence-corrected chi connectivity index (χ2v) is 5.03. The number of nitriles is 1. The topological polar surface area (TPSA) is 73.1 Å². The van der Waals surface area contributed by atoms with Crippen LogP contribution in [0.3, 0.4) is 0 Å². The van der Waals surface area contributed by atoms with E-state index in [4.69, 9.17) is 10.4 Å². The lowest BCUT2D eigenvalue weighted by atomic mass is 10.1. The molecule has 1 aliphatic rings. The lowest BCUT2D eigenvalue weighted by Crippen LogP contribution is -2.19. The third-order valence-corrected chi connectivity index (χ3v) is 3.34. The summed E-state index contributed by atoms with van der Waals surface area (Å²) < 4.78 is 0.843. The summed E-state index contributed by atoms with van der Waals surface area (Å²) in [4.78, 5) is 10.8. The Bertz CT molecular complexity index is 548. The summed E-state index contributed by atoms with van der Waals surface area (Å²) in [6, 6.07) is 7.45. The molecule has 1 aromatic carbocycles. The van der Waals surface area contributed by atoms with Gasteiger partial charge in [-0.2, -0.15) is 5.26 Å². The minimum Gasteiger partial charge on any atom is -0.481 e. The highest BCUT2D eigenvalue weighted by molar-refractivity contribution is 9.10. The van der Waals surface area contributed by atoms with Crippen molar-refractivity contribution in [1.29, 1.82) is 5.26 Å². The molecule has 1 aromatic rings. The Hall–Kier alpha value is -1.80. The van der Waals surface area contributed by atoms with Crippen LogP contribution in [-0.2, 0) is 4.79 Å². The SMILES string of the molecule is N#Cc1cc(Br)ccc1NC1C=CC(C(=O)O)C1. The van der Waals surface area contributed by atoms with E-state index in [0.717, 1.165) is 10.2 Å². The third kappa shape index (κ3) is 2.71. The van der Waals surface area contributed by atoms with Gasteiger partial charge in [-0.05, 0) is 24.6 Å². The molecule has 5 heteroatoms. The van der Waals surface area contributed by atoms with Crippen molar-refractivity contribution in [3.05, 3.63) is 40.4 Å². The predicted octanol–water partition coefficient (Wildman–Crippen LogP) is 2.76. The number of benzene rings is 1. The van der Waals surface area contributed by atoms with E-state index in [1.807, 2.05) is 18.2 Å². The normalized spacial score (nSPS) is 21.6. The van der Waals surface area contributed by atoms with Crippen LogP contribution in [0.15, 0.2) is 34.8 Å². The lowest BCUT2D eigenvalue weighted by Gasteiger charge is -2.14. The quantitative estimate of drug-likeness (QED) is 0.842. The first-order valence-electron chi connectivity index (χ1n) is 5.47. The molecule has 0 aromatic heterocycles. The average Bonchev–Trinajstić information content (AvgIpc) is 2.80. The number of nitrogens with zero attached hydrogens (tertiary/aromatic N) is 1. The van der Waals surface area contributed by atoms with Gasteiger partial charge in [0.05, 0.1) is 17.2 Å². The number of carbonyl (C=O) groups is 1. The zero-order valence-electron chi connectivity index (χ0n) is 9.43. The van der Waals surface area contributed by atoms with Crippen LogP contribution in [0.5, 0.6) is 0 Å². The van der Waals surface area contributed by atoms with Gasteiger partial charge < -0.3 is 10.4 Å². The molecule has 0 radical (unpaired) electrons. The number of carboxylic acids is 1. The van der Waals surface area contributed by atoms with E-state index in [1.165, 1.54) is 0 Å². The van der Waals surface area contributed by atoms with E-state index < -0.39 is 11.9 Å². The summed E-state index contributed by atoms with van der Waals surface area (Å²) in [6.45, 7) is 0. The van der Waals surface area contributed by atoms with Crippen LogP contribution in [0, 0.1) is 17.2 Å². The largest absolute Gasteiger partial charge is 0.481 e. The molecule has 0 fully saturated rings. The molecule has 0 heterocycles. The number of rotatable bonds is 3. The molecule has 18 heavy (non-hydrogen) atoms. The van der Waals surface area contributed by atoms with Gasteiger partial charge in [0.15, 0.2) is 0 Å². The van der Waals surface area contributed by atoms with E-state index in [2.05, 4.69) is 27.3 Å². The monoisotopic (exact) mass is 306 g/mol. The Morgan fingerprint density at radius 2 is 2.28 bits per heavy atom. The van der Waals surface area contributed by atoms with Gasteiger partial charge in [-0.3, -0.25) is 4.79 Å². The molecule has 0 saturated carbocycles. The molecule has 0 saturated heterocycles. The number of aliphatic carboxylic acids is 1. The lowest BCUT2D eigenvalue weighted by molar-refractivity contribution is -0.140. The Kier molecular flexibility index (Phi) is 3.68. The standard InChI is InChI=1S/C13H11BrN2O2/c14-10-2-4-12(9(5-10)7-15)16-11-3-1-8(6-11)13(17)18/h1-5,8,11,16H,6H2,(H,17,18). The van der Waals surface area contributed by atoms with Crippen molar-refractivity contribution in [2.45, 2.75) is 12.5 Å². The molecule has 0 bridgehead atoms. The van der Waals surface area contributed by atoms with Crippen molar-refractivity contribution in [1.82, 2.24) is 0 Å². The fourth-order valence-electron chi connectivity index (χ4n) is 1.92. The van der Waals surface area contributed by atoms with Crippen LogP contribution >= 0.6 is 15.9 Å². The highest BCUT2D eigenvalue weighted by Gasteiger charge is 2.24. The number of anilines is 1. The number of carboxylic acid groups (broad SMARTS) is 1. The summed E-state index contributed by atoms with van der Waals surface area (Å²) in [6.07, 6.45) is 4.03. The van der Waals surface area contributed by atoms with Gasteiger partial charge in [-0.15, -0.1) is 0 Å². The van der Waals surface area contributed by atoms with Crippen molar-refractivity contribution in [3.63, 3.8) is 0 Å². The second-order valence-electron chi connectivity index (χ2n) is 4.12. The third-order valence-electron chi connectivity index (χ3n) is 2.84. The van der Waals surface area contributed by atoms with E-state index in [9.17, 15) is 4.79 Å². The van der Waals surface area contributed by atoms with E-state index in [0.29, 0.717) is 12.0 Å². The molecule has 92 valence electrons. The molecule has 0 amide bonds. The number of hydrogen-bond donors (Lipinski definition) is 2. The Labute approximate surface area is 113 Å². The summed E-state index contributed by atoms with van der Waals surface area (Å²) in [5.41, 5.74) is 1.26. The minimum atomic E-state index is -0.813. The summed E-state index contributed by atoms with van der Waals surface area (Å²) in [5, 5.41) is 21.1. The molecule has 2 unspecified atom stereocenters. The van der Waals surface area contributed by atoms with Gasteiger partial charge in [0, 0.05) is 10.5 Å². The van der Waals surface area contributed by atoms with Gasteiger partial charge in [-0.25, -0.2) is 0 Å². The maximum atomic E-state index is 10.8. The van der Waals surface area contributed by atoms with Crippen LogP contribution in [0.4, 0.5) is 5.69 Å². The van der Waals surface area contributed by atoms with Crippen LogP contribution < -0.4 is 5.32 Å². The van der Waals surface area contributed by atoms with Crippen molar-refractivity contribution in [2.24, 2.45) is 5.92 Å². The van der Waals surface area contributed by atoms with Gasteiger partial charge in [0.25, 0.3) is 0 Å². The molecule has 1 aliphatic carbocycles. The van der Waals surface area contributed by atoms with Crippen LogP contribution in [-0.4, -0.2) is 17.1 Å². The maximum Gasteiger partial charge on any atom is 0.310 e. The van der Waals surface area contributed by atoms with Crippen LogP contribution in [0.1, 0.15) is 12.0 Å². The predicted molar refractivity (Wildman–Crippen MR) is 71.2 cm³/mol. The van der Waals surface area contributed by atoms with Gasteiger partial charge in [0.2, 0.25) is 0 Å². The van der Waals surface area contributed by atoms with Crippen molar-refractivity contribution < 1.29 is 9.90 Å². The smallest absolute Gasteiger partial charge is 0.310 e. The van der Waals surface area contributed by atoms with Gasteiger partial charge in [-0.1, -0.05) is 28.1 Å². The zero-order chi connectivity index (χ0) is 13.1. The highest BCUT2D eigenvalue weighted by Crippen LogP contribution is 2.25. The summed E-state index contributed by atoms with van der Waals surface area (Å²) in [7, 11) is 0. The molecule has 0 aliphatic heterocycles. The second kappa shape index (κ2) is 5.23. The fourth-order valence-corrected chi connectivity index (χ4v) is 2.28. The van der Waals surface area contributed by atoms with Gasteiger partial charge in [0.1, 0.15) is 6.07 Å². The van der Waals surface area contributed by atoms with Crippen molar-refractivity contribution >= 4 is 27.6 Å². The number of hydrogen-bond acceptors (Lipinski definition) is 3. The van der Waals surface area contributed by atoms with E-state index in [-0.39, 0.29) is 6.04 Å². The first-order chi connectivity index (χ1) is 8.60. The first kappa shape index (κ1) is 12.7. The fraction of sp³-hybridized carbons (Fsp3) is 0.231. The first-order valence-corrected chi connectivity index (χ1v) is 6.27. The molecule has 0 spiro atoms. The Balaban J connectivity index is 2.10. The molecule has 2 N–H and O–H groups in total. The van der Waals surface area contributed by atoms with Crippen molar-refractivity contribution in [2.75, 3.05) is 5.32 Å². The Morgan fingerprint density at radius 1 is 1.50 bits per heavy atom. The highest BCUT2D eigenvalue weighted by atomic mass is 79.9. The summed E-state index contributed by atoms with van der Waals surface area (Å²) in [5.74, 6) is -1.25. The number of halogens is 1. The minimum absolute atomic E-state index is 0.0422. The van der Waals surface area contributed by atoms with Gasteiger partial charge >= 0.3 is 5.97 Å². The van der Waals surface area contributed by atoms with Crippen LogP contribution in [0.2, 0.25) is 0 Å². The number of nitrogens with one attached hydrogen (secondary N) is 1. The van der Waals surface area contributed by atoms with E-state index in [1.54, 1.807) is 12.1 Å². The molecular weight excluding hydrogens is 296 g/mol. The Morgan fingerprint density at radius 3 is 2.89 bits per heavy atom. The van der Waals surface area contributed by atoms with E-state index >= 15 is 0 Å². The maximum absolute atomic E-state index is 10.8. The average molecular weight is 307 g/mol.